The highest BCUT2D eigenvalue weighted by Gasteiger charge is 2.30. The molecule has 0 fully saturated rings. The fraction of sp³-hybridized carbons (Fsp3) is 0.435. The van der Waals surface area contributed by atoms with Crippen LogP contribution in [0.15, 0.2) is 46.8 Å². The summed E-state index contributed by atoms with van der Waals surface area (Å²) in [6.45, 7) is 2.01. The summed E-state index contributed by atoms with van der Waals surface area (Å²) in [6.07, 6.45) is 0.266. The molecule has 0 bridgehead atoms. The van der Waals surface area contributed by atoms with E-state index in [4.69, 9.17) is 18.8 Å². The molecule has 0 amide bonds. The Morgan fingerprint density at radius 3 is 2.14 bits per heavy atom. The molecule has 0 saturated carbocycles. The van der Waals surface area contributed by atoms with Crippen LogP contribution in [-0.4, -0.2) is 78.7 Å². The van der Waals surface area contributed by atoms with Gasteiger partial charge in [-0.25, -0.2) is 24.5 Å². The highest BCUT2D eigenvalue weighted by Crippen LogP contribution is 2.48. The van der Waals surface area contributed by atoms with Crippen LogP contribution in [0.5, 0.6) is 5.75 Å². The van der Waals surface area contributed by atoms with Gasteiger partial charge in [-0.05, 0) is 38.1 Å². The average Bonchev–Trinajstić information content (AvgIpc) is 3.41. The molecule has 230 valence electrons. The normalized spacial score (nSPS) is 11.3. The van der Waals surface area contributed by atoms with Crippen molar-refractivity contribution in [1.82, 2.24) is 19.5 Å². The van der Waals surface area contributed by atoms with Crippen molar-refractivity contribution < 1.29 is 61.7 Å². The minimum absolute atomic E-state index is 0.00573. The van der Waals surface area contributed by atoms with Crippen molar-refractivity contribution in [3.05, 3.63) is 36.9 Å². The van der Waals surface area contributed by atoms with E-state index < -0.39 is 39.8 Å². The van der Waals surface area contributed by atoms with Gasteiger partial charge >= 0.3 is 19.9 Å². The maximum Gasteiger partial charge on any atom is 0.510 e. The molecule has 0 atom stereocenters. The number of aromatic nitrogens is 4. The van der Waals surface area contributed by atoms with Crippen molar-refractivity contribution in [3.63, 3.8) is 0 Å². The van der Waals surface area contributed by atoms with Crippen LogP contribution >= 0.6 is 19.4 Å². The number of ether oxygens (including phenoxy) is 6. The molecule has 0 aliphatic rings. The number of hydrogen-bond donors (Lipinski definition) is 0. The number of benzene rings is 1. The lowest BCUT2D eigenvalue weighted by Gasteiger charge is -2.16. The van der Waals surface area contributed by atoms with Crippen LogP contribution in [0.4, 0.5) is 9.59 Å². The largest absolute Gasteiger partial charge is 0.510 e. The van der Waals surface area contributed by atoms with E-state index in [9.17, 15) is 14.2 Å². The zero-order chi connectivity index (χ0) is 30.2. The van der Waals surface area contributed by atoms with Gasteiger partial charge in [0.25, 0.3) is 0 Å². The monoisotopic (exact) mass is 632 g/mol. The van der Waals surface area contributed by atoms with E-state index in [1.807, 2.05) is 24.3 Å². The number of hydrogen-bond acceptors (Lipinski definition) is 17. The second kappa shape index (κ2) is 17.4. The highest BCUT2D eigenvalue weighted by molar-refractivity contribution is 7.99. The van der Waals surface area contributed by atoms with Crippen molar-refractivity contribution in [2.24, 2.45) is 0 Å². The van der Waals surface area contributed by atoms with E-state index >= 15 is 0 Å². The summed E-state index contributed by atoms with van der Waals surface area (Å²) in [5, 5.41) is 0.653. The summed E-state index contributed by atoms with van der Waals surface area (Å²) in [5.74, 6) is 0.741. The van der Waals surface area contributed by atoms with Gasteiger partial charge in [0.2, 0.25) is 13.6 Å². The Balaban J connectivity index is 1.54. The molecule has 19 heteroatoms. The molecule has 42 heavy (non-hydrogen) atoms. The first-order chi connectivity index (χ1) is 20.4. The topological polar surface area (TPSA) is 187 Å². The first kappa shape index (κ1) is 33.0. The lowest BCUT2D eigenvalue weighted by molar-refractivity contribution is -0.308. The summed E-state index contributed by atoms with van der Waals surface area (Å²) < 4.78 is 53.0. The Bertz CT molecular complexity index is 1300. The van der Waals surface area contributed by atoms with Gasteiger partial charge in [0.15, 0.2) is 12.0 Å². The number of carbonyl (C=O) groups is 2. The summed E-state index contributed by atoms with van der Waals surface area (Å²) in [5.41, 5.74) is 1.14. The fourth-order valence-corrected chi connectivity index (χ4v) is 4.62. The lowest BCUT2D eigenvalue weighted by Crippen LogP contribution is -2.14. The minimum Gasteiger partial charge on any atom is -0.497 e. The Morgan fingerprint density at radius 1 is 0.905 bits per heavy atom. The summed E-state index contributed by atoms with van der Waals surface area (Å²) >= 11 is 1.42. The van der Waals surface area contributed by atoms with E-state index in [1.54, 1.807) is 31.9 Å². The third-order valence-corrected chi connectivity index (χ3v) is 6.84. The maximum absolute atomic E-state index is 13.0. The van der Waals surface area contributed by atoms with Crippen molar-refractivity contribution >= 4 is 42.8 Å². The van der Waals surface area contributed by atoms with Crippen LogP contribution in [-0.2, 0) is 53.9 Å². The van der Waals surface area contributed by atoms with Crippen LogP contribution < -0.4 is 4.74 Å². The van der Waals surface area contributed by atoms with Crippen molar-refractivity contribution in [1.29, 1.82) is 0 Å². The van der Waals surface area contributed by atoms with E-state index in [2.05, 4.69) is 43.7 Å². The number of carbonyl (C=O) groups excluding carboxylic acids is 2. The zero-order valence-electron chi connectivity index (χ0n) is 22.9. The van der Waals surface area contributed by atoms with Crippen molar-refractivity contribution in [2.75, 3.05) is 46.9 Å². The number of rotatable bonds is 18. The predicted molar refractivity (Wildman–Crippen MR) is 141 cm³/mol. The Kier molecular flexibility index (Phi) is 13.7. The van der Waals surface area contributed by atoms with Gasteiger partial charge in [-0.3, -0.25) is 4.57 Å². The molecule has 3 aromatic rings. The first-order valence-corrected chi connectivity index (χ1v) is 14.8. The third kappa shape index (κ3) is 10.7. The second-order valence-electron chi connectivity index (χ2n) is 7.49. The molecule has 1 aromatic carbocycles. The zero-order valence-corrected chi connectivity index (χ0v) is 24.6. The van der Waals surface area contributed by atoms with Gasteiger partial charge in [0.1, 0.15) is 22.6 Å². The number of methoxy groups -OCH3 is 1. The first-order valence-electron chi connectivity index (χ1n) is 12.2. The molecule has 3 rings (SSSR count). The van der Waals surface area contributed by atoms with Crippen LogP contribution in [0.1, 0.15) is 13.8 Å². The number of nitrogens with zero attached hydrogens (tertiary/aromatic N) is 4. The van der Waals surface area contributed by atoms with Crippen LogP contribution in [0.3, 0.4) is 0 Å². The van der Waals surface area contributed by atoms with Gasteiger partial charge in [0, 0.05) is 11.4 Å². The molecule has 0 radical (unpaired) electrons. The number of fused-ring (bicyclic) bond motifs is 1. The Labute approximate surface area is 244 Å². The maximum atomic E-state index is 13.0. The van der Waals surface area contributed by atoms with Gasteiger partial charge in [-0.1, -0.05) is 11.8 Å². The van der Waals surface area contributed by atoms with E-state index in [0.29, 0.717) is 16.2 Å². The molecule has 17 nitrogen and oxygen atoms in total. The highest BCUT2D eigenvalue weighted by atomic mass is 32.2. The molecule has 0 aliphatic carbocycles. The number of imidazole rings is 1. The molecule has 0 saturated heterocycles. The summed E-state index contributed by atoms with van der Waals surface area (Å²) in [6, 6.07) is 7.51. The van der Waals surface area contributed by atoms with E-state index in [0.717, 1.165) is 10.6 Å². The third-order valence-electron chi connectivity index (χ3n) is 4.67. The smallest absolute Gasteiger partial charge is 0.497 e. The summed E-state index contributed by atoms with van der Waals surface area (Å²) in [7, 11) is -2.67. The van der Waals surface area contributed by atoms with E-state index in [-0.39, 0.29) is 26.4 Å². The van der Waals surface area contributed by atoms with Crippen LogP contribution in [0.2, 0.25) is 0 Å². The molecular formula is C23H29N4O13PS. The minimum atomic E-state index is -4.27. The van der Waals surface area contributed by atoms with Gasteiger partial charge < -0.3 is 33.0 Å². The second-order valence-corrected chi connectivity index (χ2v) is 10.3. The molecular weight excluding hydrogens is 603 g/mol. The molecule has 0 unspecified atom stereocenters. The van der Waals surface area contributed by atoms with Gasteiger partial charge in [-0.15, -0.1) is 9.35 Å². The predicted octanol–water partition coefficient (Wildman–Crippen LogP) is 4.31. The quantitative estimate of drug-likeness (QED) is 0.0367. The molecule has 2 heterocycles. The molecule has 0 aliphatic heterocycles. The van der Waals surface area contributed by atoms with Crippen LogP contribution in [0, 0.1) is 0 Å². The standard InChI is InChI=1S/C23H29N4O13PS/c1-4-33-22(28)35-14-37-39-41(30,40-38-15-36-23(29)34-5-2)16-32-11-10-27-13-26-19-20(27)24-12-25-21(19)42-18-8-6-17(31-3)7-9-18/h6-9,12-13H,4-5,10-11,14-16H2,1-3H3. The molecule has 2 aromatic heterocycles. The van der Waals surface area contributed by atoms with Crippen molar-refractivity contribution in [3.8, 4) is 5.75 Å². The summed E-state index contributed by atoms with van der Waals surface area (Å²) in [4.78, 5) is 45.7. The lowest BCUT2D eigenvalue weighted by atomic mass is 10.3. The van der Waals surface area contributed by atoms with Gasteiger partial charge in [0.05, 0.1) is 33.3 Å². The Hall–Kier alpha value is -3.51. The Morgan fingerprint density at radius 2 is 1.55 bits per heavy atom. The van der Waals surface area contributed by atoms with Crippen molar-refractivity contribution in [2.45, 2.75) is 30.3 Å². The van der Waals surface area contributed by atoms with Gasteiger partial charge in [-0.2, -0.15) is 9.78 Å². The fourth-order valence-electron chi connectivity index (χ4n) is 2.91. The average molecular weight is 633 g/mol. The van der Waals surface area contributed by atoms with Crippen LogP contribution in [0.25, 0.3) is 11.2 Å². The molecule has 0 spiro atoms. The molecule has 0 N–H and O–H groups in total. The SMILES string of the molecule is CCOC(=O)OCOOP(=O)(COCCn1cnc2c(Sc3ccc(OC)cc3)ncnc21)OOCOC(=O)OCC. The van der Waals surface area contributed by atoms with E-state index in [1.165, 1.54) is 18.1 Å².